The van der Waals surface area contributed by atoms with Crippen molar-refractivity contribution in [3.63, 3.8) is 0 Å². The highest BCUT2D eigenvalue weighted by molar-refractivity contribution is 7.89. The molecule has 1 heterocycles. The first-order valence-corrected chi connectivity index (χ1v) is 9.92. The predicted octanol–water partition coefficient (Wildman–Crippen LogP) is 3.26. The highest BCUT2D eigenvalue weighted by Crippen LogP contribution is 2.22. The molecule has 0 saturated heterocycles. The van der Waals surface area contributed by atoms with Crippen molar-refractivity contribution in [2.45, 2.75) is 25.3 Å². The monoisotopic (exact) mass is 387 g/mol. The van der Waals surface area contributed by atoms with E-state index in [0.717, 1.165) is 16.9 Å². The Kier molecular flexibility index (Phi) is 5.57. The van der Waals surface area contributed by atoms with Gasteiger partial charge in [0.05, 0.1) is 18.6 Å². The van der Waals surface area contributed by atoms with Crippen molar-refractivity contribution in [3.05, 3.63) is 60.0 Å². The third-order valence-electron chi connectivity index (χ3n) is 4.14. The second-order valence-electron chi connectivity index (χ2n) is 5.98. The molecule has 0 fully saturated rings. The zero-order valence-corrected chi connectivity index (χ0v) is 16.2. The van der Waals surface area contributed by atoms with E-state index in [1.165, 1.54) is 4.31 Å². The number of hydrogen-bond donors (Lipinski definition) is 0. The van der Waals surface area contributed by atoms with Crippen LogP contribution >= 0.6 is 0 Å². The maximum Gasteiger partial charge on any atom is 0.243 e. The van der Waals surface area contributed by atoms with Crippen LogP contribution in [0.25, 0.3) is 11.4 Å². The van der Waals surface area contributed by atoms with Gasteiger partial charge in [0.15, 0.2) is 0 Å². The topological polar surface area (TPSA) is 85.5 Å². The Balaban J connectivity index is 1.80. The molecule has 0 saturated carbocycles. The highest BCUT2D eigenvalue weighted by Gasteiger charge is 2.25. The summed E-state index contributed by atoms with van der Waals surface area (Å²) in [4.78, 5) is 4.56. The minimum atomic E-state index is -3.64. The molecule has 27 heavy (non-hydrogen) atoms. The van der Waals surface area contributed by atoms with Crippen LogP contribution in [0.1, 0.15) is 18.4 Å². The van der Waals surface area contributed by atoms with Gasteiger partial charge in [0, 0.05) is 12.1 Å². The van der Waals surface area contributed by atoms with Gasteiger partial charge in [-0.1, -0.05) is 29.8 Å². The van der Waals surface area contributed by atoms with Gasteiger partial charge in [0.1, 0.15) is 5.75 Å². The summed E-state index contributed by atoms with van der Waals surface area (Å²) in [5.41, 5.74) is 1.76. The van der Waals surface area contributed by atoms with E-state index in [0.29, 0.717) is 5.82 Å². The predicted molar refractivity (Wildman–Crippen MR) is 101 cm³/mol. The van der Waals surface area contributed by atoms with Crippen LogP contribution in [0, 0.1) is 6.92 Å². The molecule has 0 amide bonds. The first-order chi connectivity index (χ1) is 12.9. The van der Waals surface area contributed by atoms with Crippen LogP contribution in [0.3, 0.4) is 0 Å². The van der Waals surface area contributed by atoms with Crippen molar-refractivity contribution in [2.24, 2.45) is 0 Å². The summed E-state index contributed by atoms with van der Waals surface area (Å²) in [7, 11) is -2.05. The third kappa shape index (κ3) is 4.17. The fraction of sp³-hybridized carbons (Fsp3) is 0.263. The number of nitrogens with zero attached hydrogens (tertiary/aromatic N) is 3. The van der Waals surface area contributed by atoms with Gasteiger partial charge in [-0.05, 0) is 43.3 Å². The van der Waals surface area contributed by atoms with Gasteiger partial charge in [0.2, 0.25) is 21.7 Å². The lowest BCUT2D eigenvalue weighted by Crippen LogP contribution is -2.30. The molecule has 7 nitrogen and oxygen atoms in total. The van der Waals surface area contributed by atoms with Gasteiger partial charge in [-0.3, -0.25) is 0 Å². The molecule has 2 aromatic carbocycles. The van der Waals surface area contributed by atoms with Crippen molar-refractivity contribution < 1.29 is 17.7 Å². The molecule has 142 valence electrons. The summed E-state index contributed by atoms with van der Waals surface area (Å²) in [5.74, 6) is 1.36. The Bertz CT molecular complexity index is 996. The minimum Gasteiger partial charge on any atom is -0.497 e. The van der Waals surface area contributed by atoms with Gasteiger partial charge in [0.25, 0.3) is 0 Å². The zero-order chi connectivity index (χ0) is 19.4. The standard InChI is InChI=1S/C19H21N3O4S/c1-4-22(27(23,24)17-11-5-14(2)6-12-17)13-18-20-19(21-26-18)15-7-9-16(25-3)10-8-15/h5-12H,4,13H2,1-3H3. The Labute approximate surface area is 158 Å². The maximum absolute atomic E-state index is 12.8. The lowest BCUT2D eigenvalue weighted by atomic mass is 10.2. The largest absolute Gasteiger partial charge is 0.497 e. The van der Waals surface area contributed by atoms with E-state index in [1.807, 2.05) is 19.1 Å². The Morgan fingerprint density at radius 3 is 2.33 bits per heavy atom. The summed E-state index contributed by atoms with van der Waals surface area (Å²) >= 11 is 0. The SMILES string of the molecule is CCN(Cc1nc(-c2ccc(OC)cc2)no1)S(=O)(=O)c1ccc(C)cc1. The van der Waals surface area contributed by atoms with Crippen molar-refractivity contribution in [3.8, 4) is 17.1 Å². The van der Waals surface area contributed by atoms with E-state index in [1.54, 1.807) is 50.4 Å². The van der Waals surface area contributed by atoms with Crippen LogP contribution in [-0.2, 0) is 16.6 Å². The molecule has 0 atom stereocenters. The number of aromatic nitrogens is 2. The molecule has 0 aliphatic rings. The number of methoxy groups -OCH3 is 1. The number of aryl methyl sites for hydroxylation is 1. The molecule has 8 heteroatoms. The highest BCUT2D eigenvalue weighted by atomic mass is 32.2. The first-order valence-electron chi connectivity index (χ1n) is 8.48. The van der Waals surface area contributed by atoms with Gasteiger partial charge in [-0.15, -0.1) is 0 Å². The molecular formula is C19H21N3O4S. The summed E-state index contributed by atoms with van der Waals surface area (Å²) in [6.07, 6.45) is 0. The van der Waals surface area contributed by atoms with E-state index in [9.17, 15) is 8.42 Å². The van der Waals surface area contributed by atoms with E-state index in [2.05, 4.69) is 10.1 Å². The second-order valence-corrected chi connectivity index (χ2v) is 7.92. The fourth-order valence-electron chi connectivity index (χ4n) is 2.55. The molecule has 3 rings (SSSR count). The molecule has 1 aromatic heterocycles. The number of hydrogen-bond acceptors (Lipinski definition) is 6. The molecular weight excluding hydrogens is 366 g/mol. The first kappa shape index (κ1) is 19.1. The summed E-state index contributed by atoms with van der Waals surface area (Å²) in [6.45, 7) is 3.98. The quantitative estimate of drug-likeness (QED) is 0.618. The second kappa shape index (κ2) is 7.89. The maximum atomic E-state index is 12.8. The van der Waals surface area contributed by atoms with Gasteiger partial charge >= 0.3 is 0 Å². The molecule has 0 aliphatic heterocycles. The molecule has 0 N–H and O–H groups in total. The lowest BCUT2D eigenvalue weighted by Gasteiger charge is -2.18. The van der Waals surface area contributed by atoms with Gasteiger partial charge in [-0.25, -0.2) is 8.42 Å². The normalized spacial score (nSPS) is 11.7. The van der Waals surface area contributed by atoms with Crippen LogP contribution in [0.4, 0.5) is 0 Å². The summed E-state index contributed by atoms with van der Waals surface area (Å²) in [6, 6.07) is 14.0. The average molecular weight is 387 g/mol. The lowest BCUT2D eigenvalue weighted by molar-refractivity contribution is 0.321. The average Bonchev–Trinajstić information content (AvgIpc) is 3.15. The molecule has 0 radical (unpaired) electrons. The Morgan fingerprint density at radius 1 is 1.07 bits per heavy atom. The summed E-state index contributed by atoms with van der Waals surface area (Å²) < 4.78 is 37.4. The molecule has 0 aliphatic carbocycles. The minimum absolute atomic E-state index is 0.00979. The van der Waals surface area contributed by atoms with Crippen molar-refractivity contribution in [1.82, 2.24) is 14.4 Å². The molecule has 0 bridgehead atoms. The van der Waals surface area contributed by atoms with E-state index in [4.69, 9.17) is 9.26 Å². The van der Waals surface area contributed by atoms with Crippen LogP contribution in [0.2, 0.25) is 0 Å². The van der Waals surface area contributed by atoms with Crippen LogP contribution < -0.4 is 4.74 Å². The molecule has 0 spiro atoms. The number of benzene rings is 2. The van der Waals surface area contributed by atoms with Crippen molar-refractivity contribution in [2.75, 3.05) is 13.7 Å². The number of sulfonamides is 1. The van der Waals surface area contributed by atoms with Gasteiger partial charge < -0.3 is 9.26 Å². The fourth-order valence-corrected chi connectivity index (χ4v) is 3.95. The van der Waals surface area contributed by atoms with E-state index < -0.39 is 10.0 Å². The summed E-state index contributed by atoms with van der Waals surface area (Å²) in [5, 5.41) is 3.95. The Hall–Kier alpha value is -2.71. The number of ether oxygens (including phenoxy) is 1. The van der Waals surface area contributed by atoms with E-state index in [-0.39, 0.29) is 23.9 Å². The van der Waals surface area contributed by atoms with Crippen molar-refractivity contribution in [1.29, 1.82) is 0 Å². The van der Waals surface area contributed by atoms with Crippen LogP contribution in [0.15, 0.2) is 57.9 Å². The third-order valence-corrected chi connectivity index (χ3v) is 6.07. The van der Waals surface area contributed by atoms with Crippen LogP contribution in [0.5, 0.6) is 5.75 Å². The molecule has 0 unspecified atom stereocenters. The Morgan fingerprint density at radius 2 is 1.74 bits per heavy atom. The van der Waals surface area contributed by atoms with E-state index >= 15 is 0 Å². The van der Waals surface area contributed by atoms with Crippen LogP contribution in [-0.4, -0.2) is 36.5 Å². The van der Waals surface area contributed by atoms with Gasteiger partial charge in [-0.2, -0.15) is 9.29 Å². The zero-order valence-electron chi connectivity index (χ0n) is 15.4. The molecule has 3 aromatic rings. The smallest absolute Gasteiger partial charge is 0.243 e. The number of rotatable bonds is 7. The van der Waals surface area contributed by atoms with Crippen molar-refractivity contribution >= 4 is 10.0 Å².